The molecule has 1 saturated heterocycles. The fourth-order valence-corrected chi connectivity index (χ4v) is 4.49. The summed E-state index contributed by atoms with van der Waals surface area (Å²) in [6, 6.07) is 5.75. The fourth-order valence-electron chi connectivity index (χ4n) is 4.22. The Morgan fingerprint density at radius 1 is 1.31 bits per heavy atom. The molecule has 6 heteroatoms. The summed E-state index contributed by atoms with van der Waals surface area (Å²) in [6.07, 6.45) is 7.60. The number of carbonyl (C=O) groups is 1. The Labute approximate surface area is 158 Å². The predicted molar refractivity (Wildman–Crippen MR) is 102 cm³/mol. The van der Waals surface area contributed by atoms with Crippen LogP contribution >= 0.6 is 11.6 Å². The van der Waals surface area contributed by atoms with Gasteiger partial charge in [-0.2, -0.15) is 0 Å². The smallest absolute Gasteiger partial charge is 0.253 e. The highest BCUT2D eigenvalue weighted by atomic mass is 35.5. The molecule has 2 fully saturated rings. The lowest BCUT2D eigenvalue weighted by atomic mass is 9.84. The van der Waals surface area contributed by atoms with Crippen LogP contribution in [0.4, 0.5) is 0 Å². The first kappa shape index (κ1) is 17.8. The number of aromatic nitrogens is 1. The molecule has 2 aromatic rings. The summed E-state index contributed by atoms with van der Waals surface area (Å²) in [5, 5.41) is 14.2. The molecular formula is C20H25ClN2O3. The van der Waals surface area contributed by atoms with Crippen molar-refractivity contribution < 1.29 is 14.6 Å². The third kappa shape index (κ3) is 3.24. The molecule has 4 rings (SSSR count). The zero-order valence-electron chi connectivity index (χ0n) is 14.8. The summed E-state index contributed by atoms with van der Waals surface area (Å²) < 4.78 is 7.40. The van der Waals surface area contributed by atoms with Crippen molar-refractivity contribution in [1.82, 2.24) is 9.88 Å². The average molecular weight is 377 g/mol. The highest BCUT2D eigenvalue weighted by molar-refractivity contribution is 6.36. The van der Waals surface area contributed by atoms with Gasteiger partial charge in [0, 0.05) is 11.6 Å². The minimum Gasteiger partial charge on any atom is -0.394 e. The van der Waals surface area contributed by atoms with E-state index in [4.69, 9.17) is 16.3 Å². The average Bonchev–Trinajstić information content (AvgIpc) is 3.00. The molecule has 0 unspecified atom stereocenters. The molecule has 2 N–H and O–H groups in total. The molecule has 140 valence electrons. The van der Waals surface area contributed by atoms with E-state index in [1.54, 1.807) is 0 Å². The van der Waals surface area contributed by atoms with Gasteiger partial charge in [0.05, 0.1) is 48.0 Å². The van der Waals surface area contributed by atoms with Crippen molar-refractivity contribution in [2.75, 3.05) is 19.8 Å². The van der Waals surface area contributed by atoms with Gasteiger partial charge in [0.25, 0.3) is 5.91 Å². The van der Waals surface area contributed by atoms with Crippen molar-refractivity contribution in [3.63, 3.8) is 0 Å². The van der Waals surface area contributed by atoms with Crippen LogP contribution in [-0.4, -0.2) is 41.4 Å². The molecule has 2 heterocycles. The van der Waals surface area contributed by atoms with Gasteiger partial charge in [-0.1, -0.05) is 36.9 Å². The van der Waals surface area contributed by atoms with E-state index >= 15 is 0 Å². The second kappa shape index (κ2) is 7.59. The molecule has 1 aromatic carbocycles. The largest absolute Gasteiger partial charge is 0.394 e. The minimum absolute atomic E-state index is 0.0285. The van der Waals surface area contributed by atoms with Gasteiger partial charge in [0.2, 0.25) is 0 Å². The summed E-state index contributed by atoms with van der Waals surface area (Å²) in [5.41, 5.74) is 1.53. The van der Waals surface area contributed by atoms with Crippen LogP contribution in [0.25, 0.3) is 10.9 Å². The summed E-state index contributed by atoms with van der Waals surface area (Å²) in [6.45, 7) is 1.27. The van der Waals surface area contributed by atoms with Crippen LogP contribution < -0.4 is 5.32 Å². The highest BCUT2D eigenvalue weighted by Gasteiger charge is 2.29. The number of aliphatic hydroxyl groups excluding tert-OH is 1. The van der Waals surface area contributed by atoms with E-state index in [1.165, 1.54) is 19.3 Å². The van der Waals surface area contributed by atoms with Crippen molar-refractivity contribution in [3.8, 4) is 0 Å². The Bertz CT molecular complexity index is 794. The number of halogens is 1. The van der Waals surface area contributed by atoms with E-state index in [9.17, 15) is 9.90 Å². The zero-order valence-corrected chi connectivity index (χ0v) is 15.5. The Balaban J connectivity index is 1.63. The Kier molecular flexibility index (Phi) is 5.20. The van der Waals surface area contributed by atoms with Crippen LogP contribution in [0, 0.1) is 5.92 Å². The zero-order chi connectivity index (χ0) is 18.1. The monoisotopic (exact) mass is 376 g/mol. The molecule has 5 nitrogen and oxygen atoms in total. The Morgan fingerprint density at radius 3 is 2.73 bits per heavy atom. The van der Waals surface area contributed by atoms with E-state index in [-0.39, 0.29) is 24.6 Å². The second-order valence-electron chi connectivity index (χ2n) is 7.44. The molecule has 1 aliphatic heterocycles. The normalized spacial score (nSPS) is 20.1. The lowest BCUT2D eigenvalue weighted by Gasteiger charge is -2.29. The van der Waals surface area contributed by atoms with Crippen molar-refractivity contribution in [1.29, 1.82) is 0 Å². The molecule has 26 heavy (non-hydrogen) atoms. The van der Waals surface area contributed by atoms with E-state index < -0.39 is 0 Å². The standard InChI is InChI=1S/C20H25ClN2O3/c21-16-7-4-8-18-19(16)15(9-23(18)14-11-26-12-14)20(25)22-17(10-24)13-5-2-1-3-6-13/h4,7-9,13-14,17,24H,1-3,5-6,10-12H2,(H,22,25)/t17-/m0/s1. The van der Waals surface area contributed by atoms with Crippen LogP contribution in [0.3, 0.4) is 0 Å². The first-order chi connectivity index (χ1) is 12.7. The van der Waals surface area contributed by atoms with Crippen LogP contribution in [-0.2, 0) is 4.74 Å². The molecule has 2 aliphatic rings. The molecule has 0 bridgehead atoms. The maximum atomic E-state index is 13.0. The topological polar surface area (TPSA) is 63.5 Å². The van der Waals surface area contributed by atoms with Gasteiger partial charge >= 0.3 is 0 Å². The molecule has 1 aromatic heterocycles. The number of carbonyl (C=O) groups excluding carboxylic acids is 1. The fraction of sp³-hybridized carbons (Fsp3) is 0.550. The van der Waals surface area contributed by atoms with E-state index in [2.05, 4.69) is 9.88 Å². The first-order valence-corrected chi connectivity index (χ1v) is 9.85. The van der Waals surface area contributed by atoms with Crippen molar-refractivity contribution >= 4 is 28.4 Å². The number of ether oxygens (including phenoxy) is 1. The predicted octanol–water partition coefficient (Wildman–Crippen LogP) is 3.54. The molecule has 0 radical (unpaired) electrons. The van der Waals surface area contributed by atoms with Gasteiger partial charge in [0.15, 0.2) is 0 Å². The van der Waals surface area contributed by atoms with Gasteiger partial charge in [-0.05, 0) is 30.9 Å². The number of fused-ring (bicyclic) bond motifs is 1. The summed E-state index contributed by atoms with van der Waals surface area (Å²) in [7, 11) is 0. The summed E-state index contributed by atoms with van der Waals surface area (Å²) in [5.74, 6) is 0.188. The number of hydrogen-bond donors (Lipinski definition) is 2. The number of nitrogens with one attached hydrogen (secondary N) is 1. The third-order valence-electron chi connectivity index (χ3n) is 5.80. The van der Waals surface area contributed by atoms with Crippen LogP contribution in [0.15, 0.2) is 24.4 Å². The van der Waals surface area contributed by atoms with Gasteiger partial charge in [-0.3, -0.25) is 4.79 Å². The van der Waals surface area contributed by atoms with E-state index in [0.717, 1.165) is 23.7 Å². The first-order valence-electron chi connectivity index (χ1n) is 9.47. The third-order valence-corrected chi connectivity index (χ3v) is 6.11. The minimum atomic E-state index is -0.198. The maximum Gasteiger partial charge on any atom is 0.253 e. The van der Waals surface area contributed by atoms with Crippen LogP contribution in [0.2, 0.25) is 5.02 Å². The number of rotatable bonds is 5. The second-order valence-corrected chi connectivity index (χ2v) is 7.84. The Morgan fingerprint density at radius 2 is 2.08 bits per heavy atom. The van der Waals surface area contributed by atoms with Gasteiger partial charge < -0.3 is 19.7 Å². The molecule has 1 aliphatic carbocycles. The quantitative estimate of drug-likeness (QED) is 0.838. The molecular weight excluding hydrogens is 352 g/mol. The molecule has 1 amide bonds. The van der Waals surface area contributed by atoms with Gasteiger partial charge in [0.1, 0.15) is 0 Å². The van der Waals surface area contributed by atoms with E-state index in [0.29, 0.717) is 29.7 Å². The van der Waals surface area contributed by atoms with Crippen LogP contribution in [0.5, 0.6) is 0 Å². The van der Waals surface area contributed by atoms with Gasteiger partial charge in [-0.25, -0.2) is 0 Å². The van der Waals surface area contributed by atoms with Crippen molar-refractivity contribution in [2.24, 2.45) is 5.92 Å². The summed E-state index contributed by atoms with van der Waals surface area (Å²) >= 11 is 6.43. The molecule has 1 atom stereocenters. The lowest BCUT2D eigenvalue weighted by molar-refractivity contribution is -0.0214. The molecule has 1 saturated carbocycles. The van der Waals surface area contributed by atoms with E-state index in [1.807, 2.05) is 24.4 Å². The number of nitrogens with zero attached hydrogens (tertiary/aromatic N) is 1. The number of aliphatic hydroxyl groups is 1. The number of benzene rings is 1. The lowest BCUT2D eigenvalue weighted by Crippen LogP contribution is -2.43. The van der Waals surface area contributed by atoms with Crippen molar-refractivity contribution in [3.05, 3.63) is 35.0 Å². The van der Waals surface area contributed by atoms with Gasteiger partial charge in [-0.15, -0.1) is 0 Å². The molecule has 0 spiro atoms. The van der Waals surface area contributed by atoms with Crippen LogP contribution in [0.1, 0.15) is 48.5 Å². The maximum absolute atomic E-state index is 13.0. The Hall–Kier alpha value is -1.56. The highest BCUT2D eigenvalue weighted by Crippen LogP contribution is 2.33. The van der Waals surface area contributed by atoms with Crippen molar-refractivity contribution in [2.45, 2.75) is 44.2 Å². The number of amides is 1. The SMILES string of the molecule is O=C(N[C@@H](CO)C1CCCCC1)c1cn(C2COC2)c2cccc(Cl)c12. The summed E-state index contributed by atoms with van der Waals surface area (Å²) in [4.78, 5) is 13.0. The number of hydrogen-bond acceptors (Lipinski definition) is 3.